The van der Waals surface area contributed by atoms with E-state index >= 15 is 0 Å². The Labute approximate surface area is 102 Å². The number of ether oxygens (including phenoxy) is 1. The van der Waals surface area contributed by atoms with Gasteiger partial charge in [0.1, 0.15) is 0 Å². The van der Waals surface area contributed by atoms with E-state index in [4.69, 9.17) is 4.74 Å². The predicted molar refractivity (Wildman–Crippen MR) is 68.8 cm³/mol. The second kappa shape index (κ2) is 7.76. The van der Waals surface area contributed by atoms with Crippen molar-refractivity contribution in [1.82, 2.24) is 10.3 Å². The summed E-state index contributed by atoms with van der Waals surface area (Å²) in [7, 11) is 0. The van der Waals surface area contributed by atoms with Gasteiger partial charge in [0.15, 0.2) is 0 Å². The zero-order chi connectivity index (χ0) is 11.8. The monoisotopic (exact) mass is 242 g/mol. The molecule has 0 fully saturated rings. The molecule has 16 heavy (non-hydrogen) atoms. The normalized spacial score (nSPS) is 11.2. The van der Waals surface area contributed by atoms with Gasteiger partial charge in [-0.2, -0.15) is 0 Å². The minimum absolute atomic E-state index is 0.633. The minimum atomic E-state index is 0.633. The van der Waals surface area contributed by atoms with Gasteiger partial charge in [0.2, 0.25) is 0 Å². The van der Waals surface area contributed by atoms with Gasteiger partial charge in [0, 0.05) is 30.8 Å². The standard InChI is InChI=1S/C12H22N2OS/c1-10(2)9-15-6-4-5-13-7-12-8-14-11(3)16-12/h8,10,13H,4-7,9H2,1-3H3. The van der Waals surface area contributed by atoms with Gasteiger partial charge >= 0.3 is 0 Å². The Balaban J connectivity index is 1.92. The van der Waals surface area contributed by atoms with Crippen LogP contribution >= 0.6 is 11.3 Å². The van der Waals surface area contributed by atoms with E-state index in [9.17, 15) is 0 Å². The highest BCUT2D eigenvalue weighted by Crippen LogP contribution is 2.10. The summed E-state index contributed by atoms with van der Waals surface area (Å²) in [5, 5.41) is 4.53. The molecule has 0 aromatic carbocycles. The highest BCUT2D eigenvalue weighted by molar-refractivity contribution is 7.11. The molecule has 92 valence electrons. The fraction of sp³-hybridized carbons (Fsp3) is 0.750. The van der Waals surface area contributed by atoms with Crippen LogP contribution in [0.15, 0.2) is 6.20 Å². The van der Waals surface area contributed by atoms with Crippen LogP contribution in [0.5, 0.6) is 0 Å². The van der Waals surface area contributed by atoms with E-state index in [0.717, 1.165) is 37.7 Å². The Bertz CT molecular complexity index is 286. The number of thiazole rings is 1. The van der Waals surface area contributed by atoms with Crippen LogP contribution in [0.2, 0.25) is 0 Å². The van der Waals surface area contributed by atoms with Crippen LogP contribution in [0, 0.1) is 12.8 Å². The average molecular weight is 242 g/mol. The van der Waals surface area contributed by atoms with E-state index in [0.29, 0.717) is 5.92 Å². The van der Waals surface area contributed by atoms with E-state index in [2.05, 4.69) is 24.1 Å². The number of aryl methyl sites for hydroxylation is 1. The first kappa shape index (κ1) is 13.6. The highest BCUT2D eigenvalue weighted by atomic mass is 32.1. The molecule has 1 heterocycles. The zero-order valence-corrected chi connectivity index (χ0v) is 11.3. The molecule has 0 unspecified atom stereocenters. The first-order valence-corrected chi connectivity index (χ1v) is 6.70. The quantitative estimate of drug-likeness (QED) is 0.712. The van der Waals surface area contributed by atoms with Crippen LogP contribution in [0.1, 0.15) is 30.2 Å². The van der Waals surface area contributed by atoms with Gasteiger partial charge in [-0.05, 0) is 25.8 Å². The molecule has 4 heteroatoms. The van der Waals surface area contributed by atoms with Crippen LogP contribution in [0.4, 0.5) is 0 Å². The van der Waals surface area contributed by atoms with Crippen LogP contribution in [0.25, 0.3) is 0 Å². The highest BCUT2D eigenvalue weighted by Gasteiger charge is 1.97. The van der Waals surface area contributed by atoms with Crippen molar-refractivity contribution in [2.75, 3.05) is 19.8 Å². The number of nitrogens with zero attached hydrogens (tertiary/aromatic N) is 1. The van der Waals surface area contributed by atoms with Gasteiger partial charge < -0.3 is 10.1 Å². The number of aromatic nitrogens is 1. The van der Waals surface area contributed by atoms with Crippen LogP contribution in [-0.4, -0.2) is 24.7 Å². The molecule has 0 spiro atoms. The lowest BCUT2D eigenvalue weighted by atomic mass is 10.2. The summed E-state index contributed by atoms with van der Waals surface area (Å²) in [4.78, 5) is 5.52. The Morgan fingerprint density at radius 2 is 2.31 bits per heavy atom. The lowest BCUT2D eigenvalue weighted by molar-refractivity contribution is 0.108. The molecule has 1 rings (SSSR count). The van der Waals surface area contributed by atoms with Gasteiger partial charge in [-0.1, -0.05) is 13.8 Å². The molecule has 3 nitrogen and oxygen atoms in total. The maximum atomic E-state index is 5.50. The fourth-order valence-corrected chi connectivity index (χ4v) is 2.08. The lowest BCUT2D eigenvalue weighted by Crippen LogP contribution is -2.16. The third-order valence-electron chi connectivity index (χ3n) is 2.06. The van der Waals surface area contributed by atoms with E-state index in [1.165, 1.54) is 4.88 Å². The van der Waals surface area contributed by atoms with E-state index in [1.807, 2.05) is 13.1 Å². The molecule has 0 aliphatic carbocycles. The maximum Gasteiger partial charge on any atom is 0.0897 e. The Hall–Kier alpha value is -0.450. The van der Waals surface area contributed by atoms with Crippen molar-refractivity contribution < 1.29 is 4.74 Å². The van der Waals surface area contributed by atoms with Gasteiger partial charge in [0.05, 0.1) is 5.01 Å². The summed E-state index contributed by atoms with van der Waals surface area (Å²) in [6.07, 6.45) is 3.02. The van der Waals surface area contributed by atoms with Crippen molar-refractivity contribution in [3.05, 3.63) is 16.1 Å². The molecule has 0 aliphatic heterocycles. The van der Waals surface area contributed by atoms with Crippen molar-refractivity contribution in [2.24, 2.45) is 5.92 Å². The second-order valence-corrected chi connectivity index (χ2v) is 5.66. The van der Waals surface area contributed by atoms with Crippen LogP contribution in [-0.2, 0) is 11.3 Å². The predicted octanol–water partition coefficient (Wildman–Crippen LogP) is 2.60. The zero-order valence-electron chi connectivity index (χ0n) is 10.5. The Morgan fingerprint density at radius 3 is 2.94 bits per heavy atom. The third kappa shape index (κ3) is 6.20. The number of hydrogen-bond acceptors (Lipinski definition) is 4. The van der Waals surface area contributed by atoms with Gasteiger partial charge in [-0.15, -0.1) is 11.3 Å². The molecule has 1 N–H and O–H groups in total. The molecule has 0 bridgehead atoms. The molecule has 0 radical (unpaired) electrons. The van der Waals surface area contributed by atoms with Crippen molar-refractivity contribution in [3.8, 4) is 0 Å². The van der Waals surface area contributed by atoms with Crippen LogP contribution in [0.3, 0.4) is 0 Å². The fourth-order valence-electron chi connectivity index (χ4n) is 1.32. The number of rotatable bonds is 8. The first-order chi connectivity index (χ1) is 7.68. The summed E-state index contributed by atoms with van der Waals surface area (Å²) in [6, 6.07) is 0. The largest absolute Gasteiger partial charge is 0.381 e. The number of hydrogen-bond donors (Lipinski definition) is 1. The molecule has 0 aliphatic rings. The molecule has 1 aromatic heterocycles. The Kier molecular flexibility index (Phi) is 6.61. The maximum absolute atomic E-state index is 5.50. The first-order valence-electron chi connectivity index (χ1n) is 5.88. The average Bonchev–Trinajstić information content (AvgIpc) is 2.62. The molecule has 0 atom stereocenters. The van der Waals surface area contributed by atoms with Crippen molar-refractivity contribution in [1.29, 1.82) is 0 Å². The molecule has 0 amide bonds. The van der Waals surface area contributed by atoms with E-state index in [1.54, 1.807) is 11.3 Å². The molecule has 0 saturated heterocycles. The van der Waals surface area contributed by atoms with E-state index in [-0.39, 0.29) is 0 Å². The summed E-state index contributed by atoms with van der Waals surface area (Å²) in [5.41, 5.74) is 0. The van der Waals surface area contributed by atoms with Crippen molar-refractivity contribution >= 4 is 11.3 Å². The summed E-state index contributed by atoms with van der Waals surface area (Å²) in [6.45, 7) is 10.0. The molecular weight excluding hydrogens is 220 g/mol. The van der Waals surface area contributed by atoms with Crippen molar-refractivity contribution in [3.63, 3.8) is 0 Å². The molecule has 0 saturated carbocycles. The molecular formula is C12H22N2OS. The number of nitrogens with one attached hydrogen (secondary N) is 1. The topological polar surface area (TPSA) is 34.2 Å². The smallest absolute Gasteiger partial charge is 0.0897 e. The SMILES string of the molecule is Cc1ncc(CNCCCOCC(C)C)s1. The third-order valence-corrected chi connectivity index (χ3v) is 2.97. The summed E-state index contributed by atoms with van der Waals surface area (Å²) in [5.74, 6) is 0.633. The van der Waals surface area contributed by atoms with Gasteiger partial charge in [-0.3, -0.25) is 0 Å². The Morgan fingerprint density at radius 1 is 1.50 bits per heavy atom. The van der Waals surface area contributed by atoms with Crippen molar-refractivity contribution in [2.45, 2.75) is 33.7 Å². The van der Waals surface area contributed by atoms with E-state index < -0.39 is 0 Å². The minimum Gasteiger partial charge on any atom is -0.381 e. The van der Waals surface area contributed by atoms with Gasteiger partial charge in [-0.25, -0.2) is 4.98 Å². The van der Waals surface area contributed by atoms with Crippen LogP contribution < -0.4 is 5.32 Å². The summed E-state index contributed by atoms with van der Waals surface area (Å²) >= 11 is 1.76. The second-order valence-electron chi connectivity index (χ2n) is 4.34. The summed E-state index contributed by atoms with van der Waals surface area (Å²) < 4.78 is 5.50. The molecule has 1 aromatic rings. The van der Waals surface area contributed by atoms with Gasteiger partial charge in [0.25, 0.3) is 0 Å². The lowest BCUT2D eigenvalue weighted by Gasteiger charge is -2.06.